The first-order chi connectivity index (χ1) is 12.7. The Morgan fingerprint density at radius 1 is 0.962 bits per heavy atom. The van der Waals surface area contributed by atoms with E-state index in [0.29, 0.717) is 17.7 Å². The lowest BCUT2D eigenvalue weighted by Gasteiger charge is -2.34. The summed E-state index contributed by atoms with van der Waals surface area (Å²) in [7, 11) is 0. The van der Waals surface area contributed by atoms with Crippen molar-refractivity contribution in [2.45, 2.75) is 57.4 Å². The van der Waals surface area contributed by atoms with Crippen LogP contribution in [0.5, 0.6) is 0 Å². The fourth-order valence-corrected chi connectivity index (χ4v) is 4.19. The second-order valence-corrected chi connectivity index (χ2v) is 8.18. The summed E-state index contributed by atoms with van der Waals surface area (Å²) >= 11 is 0. The predicted octanol–water partition coefficient (Wildman–Crippen LogP) is 1.85. The molecule has 0 unspecified atom stereocenters. The van der Waals surface area contributed by atoms with Crippen molar-refractivity contribution in [2.75, 3.05) is 32.7 Å². The Morgan fingerprint density at radius 3 is 2.50 bits per heavy atom. The van der Waals surface area contributed by atoms with Crippen LogP contribution in [-0.4, -0.2) is 58.2 Å². The van der Waals surface area contributed by atoms with Gasteiger partial charge in [0.25, 0.3) is 5.56 Å². The third kappa shape index (κ3) is 4.34. The Bertz CT molecular complexity index is 689. The number of rotatable bonds is 6. The van der Waals surface area contributed by atoms with E-state index in [-0.39, 0.29) is 5.56 Å². The van der Waals surface area contributed by atoms with Gasteiger partial charge in [-0.05, 0) is 63.6 Å². The van der Waals surface area contributed by atoms with Crippen LogP contribution in [0.3, 0.4) is 0 Å². The van der Waals surface area contributed by atoms with E-state index in [1.165, 1.54) is 12.8 Å². The van der Waals surface area contributed by atoms with Crippen molar-refractivity contribution in [3.05, 3.63) is 28.2 Å². The van der Waals surface area contributed by atoms with Gasteiger partial charge in [-0.15, -0.1) is 0 Å². The fraction of sp³-hybridized carbons (Fsp3) is 0.750. The van der Waals surface area contributed by atoms with Crippen LogP contribution in [0.15, 0.2) is 16.9 Å². The van der Waals surface area contributed by atoms with Gasteiger partial charge in [-0.2, -0.15) is 5.10 Å². The molecule has 0 N–H and O–H groups in total. The normalized spacial score (nSPS) is 22.8. The second kappa shape index (κ2) is 7.91. The molecule has 0 bridgehead atoms. The van der Waals surface area contributed by atoms with Gasteiger partial charge in [-0.3, -0.25) is 9.59 Å². The van der Waals surface area contributed by atoms with Crippen LogP contribution in [0.2, 0.25) is 0 Å². The minimum atomic E-state index is 0.0282. The number of amides is 1. The molecule has 1 saturated carbocycles. The van der Waals surface area contributed by atoms with Gasteiger partial charge in [-0.25, -0.2) is 4.68 Å². The number of nitrogens with zero attached hydrogens (tertiary/aromatic N) is 4. The molecule has 3 heterocycles. The SMILES string of the molecule is O=C1CCCCN1CCN1CCC(Cn2nc(C3CC3)ccc2=O)CC1. The highest BCUT2D eigenvalue weighted by Gasteiger charge is 2.26. The van der Waals surface area contributed by atoms with Crippen LogP contribution in [0, 0.1) is 5.92 Å². The summed E-state index contributed by atoms with van der Waals surface area (Å²) in [6.45, 7) is 5.65. The molecule has 0 aromatic carbocycles. The van der Waals surface area contributed by atoms with Crippen LogP contribution < -0.4 is 5.56 Å². The fourth-order valence-electron chi connectivity index (χ4n) is 4.19. The lowest BCUT2D eigenvalue weighted by Crippen LogP contribution is -2.44. The van der Waals surface area contributed by atoms with Crippen LogP contribution in [0.1, 0.15) is 56.6 Å². The van der Waals surface area contributed by atoms with Crippen LogP contribution in [0.25, 0.3) is 0 Å². The smallest absolute Gasteiger partial charge is 0.266 e. The van der Waals surface area contributed by atoms with Crippen molar-refractivity contribution in [3.63, 3.8) is 0 Å². The lowest BCUT2D eigenvalue weighted by molar-refractivity contribution is -0.133. The first-order valence-electron chi connectivity index (χ1n) is 10.3. The molecule has 4 rings (SSSR count). The number of aromatic nitrogens is 2. The molecular formula is C20H30N4O2. The third-order valence-electron chi connectivity index (χ3n) is 6.13. The van der Waals surface area contributed by atoms with E-state index in [2.05, 4.69) is 10.00 Å². The van der Waals surface area contributed by atoms with Gasteiger partial charge in [0.15, 0.2) is 0 Å². The summed E-state index contributed by atoms with van der Waals surface area (Å²) in [6, 6.07) is 3.59. The van der Waals surface area contributed by atoms with Gasteiger partial charge >= 0.3 is 0 Å². The topological polar surface area (TPSA) is 58.4 Å². The van der Waals surface area contributed by atoms with Crippen LogP contribution >= 0.6 is 0 Å². The Kier molecular flexibility index (Phi) is 5.38. The molecule has 142 valence electrons. The number of hydrogen-bond acceptors (Lipinski definition) is 4. The molecule has 2 saturated heterocycles. The number of hydrogen-bond donors (Lipinski definition) is 0. The van der Waals surface area contributed by atoms with Crippen molar-refractivity contribution in [1.82, 2.24) is 19.6 Å². The van der Waals surface area contributed by atoms with Gasteiger partial charge in [0.2, 0.25) is 5.91 Å². The van der Waals surface area contributed by atoms with Crippen molar-refractivity contribution in [2.24, 2.45) is 5.92 Å². The van der Waals surface area contributed by atoms with E-state index in [0.717, 1.165) is 77.1 Å². The Hall–Kier alpha value is -1.69. The average molecular weight is 358 g/mol. The molecule has 2 aliphatic heterocycles. The molecule has 0 spiro atoms. The molecule has 1 aromatic heterocycles. The van der Waals surface area contributed by atoms with Gasteiger partial charge in [-0.1, -0.05) is 0 Å². The molecule has 0 atom stereocenters. The number of piperidine rings is 2. The van der Waals surface area contributed by atoms with E-state index in [4.69, 9.17) is 0 Å². The van der Waals surface area contributed by atoms with Gasteiger partial charge in [0, 0.05) is 44.6 Å². The first kappa shape index (κ1) is 17.7. The molecule has 3 fully saturated rings. The Morgan fingerprint density at radius 2 is 1.77 bits per heavy atom. The van der Waals surface area contributed by atoms with Gasteiger partial charge in [0.1, 0.15) is 0 Å². The molecule has 1 aromatic rings. The third-order valence-corrected chi connectivity index (χ3v) is 6.13. The van der Waals surface area contributed by atoms with Gasteiger partial charge < -0.3 is 9.80 Å². The summed E-state index contributed by atoms with van der Waals surface area (Å²) in [6.07, 6.45) is 7.56. The zero-order valence-electron chi connectivity index (χ0n) is 15.6. The monoisotopic (exact) mass is 358 g/mol. The van der Waals surface area contributed by atoms with E-state index in [9.17, 15) is 9.59 Å². The summed E-state index contributed by atoms with van der Waals surface area (Å²) in [4.78, 5) is 28.5. The highest BCUT2D eigenvalue weighted by Crippen LogP contribution is 2.38. The molecule has 3 aliphatic rings. The van der Waals surface area contributed by atoms with Crippen molar-refractivity contribution in [1.29, 1.82) is 0 Å². The highest BCUT2D eigenvalue weighted by atomic mass is 16.2. The minimum absolute atomic E-state index is 0.0282. The van der Waals surface area contributed by atoms with Crippen molar-refractivity contribution >= 4 is 5.91 Å². The van der Waals surface area contributed by atoms with Crippen molar-refractivity contribution < 1.29 is 4.79 Å². The number of carbonyl (C=O) groups excluding carboxylic acids is 1. The maximum Gasteiger partial charge on any atom is 0.266 e. The largest absolute Gasteiger partial charge is 0.341 e. The van der Waals surface area contributed by atoms with E-state index >= 15 is 0 Å². The molecule has 6 heteroatoms. The molecule has 0 radical (unpaired) electrons. The summed E-state index contributed by atoms with van der Waals surface area (Å²) < 4.78 is 1.69. The lowest BCUT2D eigenvalue weighted by atomic mass is 9.97. The maximum atomic E-state index is 12.1. The predicted molar refractivity (Wildman–Crippen MR) is 100 cm³/mol. The Balaban J connectivity index is 1.24. The zero-order valence-corrected chi connectivity index (χ0v) is 15.6. The van der Waals surface area contributed by atoms with Crippen LogP contribution in [0.4, 0.5) is 0 Å². The minimum Gasteiger partial charge on any atom is -0.341 e. The Labute approximate surface area is 155 Å². The van der Waals surface area contributed by atoms with Crippen LogP contribution in [-0.2, 0) is 11.3 Å². The van der Waals surface area contributed by atoms with E-state index in [1.807, 2.05) is 11.0 Å². The molecule has 26 heavy (non-hydrogen) atoms. The zero-order chi connectivity index (χ0) is 17.9. The standard InChI is InChI=1S/C20H30N4O2/c25-19-3-1-2-10-23(19)14-13-22-11-8-16(9-12-22)15-24-20(26)7-6-18(21-24)17-4-5-17/h6-7,16-17H,1-5,8-15H2. The summed E-state index contributed by atoms with van der Waals surface area (Å²) in [5.74, 6) is 1.44. The molecule has 1 amide bonds. The average Bonchev–Trinajstić information content (AvgIpc) is 3.49. The number of carbonyl (C=O) groups is 1. The first-order valence-corrected chi connectivity index (χ1v) is 10.3. The van der Waals surface area contributed by atoms with Crippen molar-refractivity contribution in [3.8, 4) is 0 Å². The molecule has 1 aliphatic carbocycles. The second-order valence-electron chi connectivity index (χ2n) is 8.18. The van der Waals surface area contributed by atoms with Gasteiger partial charge in [0.05, 0.1) is 5.69 Å². The molecular weight excluding hydrogens is 328 g/mol. The highest BCUT2D eigenvalue weighted by molar-refractivity contribution is 5.76. The summed E-state index contributed by atoms with van der Waals surface area (Å²) in [5, 5.41) is 4.60. The summed E-state index contributed by atoms with van der Waals surface area (Å²) in [5.41, 5.74) is 1.12. The van der Waals surface area contributed by atoms with E-state index in [1.54, 1.807) is 10.7 Å². The number of likely N-dealkylation sites (tertiary alicyclic amines) is 2. The maximum absolute atomic E-state index is 12.1. The quantitative estimate of drug-likeness (QED) is 0.779. The molecule has 6 nitrogen and oxygen atoms in total. The van der Waals surface area contributed by atoms with E-state index < -0.39 is 0 Å².